The summed E-state index contributed by atoms with van der Waals surface area (Å²) < 4.78 is 0. The average molecular weight is 259 g/mol. The molecular formula is C16H15ClO. The Hall–Kier alpha value is -1.60. The summed E-state index contributed by atoms with van der Waals surface area (Å²) in [5.74, 6) is 0.0607. The van der Waals surface area contributed by atoms with Gasteiger partial charge in [0.15, 0.2) is 5.78 Å². The van der Waals surface area contributed by atoms with Crippen molar-refractivity contribution in [2.24, 2.45) is 0 Å². The van der Waals surface area contributed by atoms with Gasteiger partial charge in [-0.05, 0) is 37.1 Å². The van der Waals surface area contributed by atoms with Crippen LogP contribution in [0.5, 0.6) is 0 Å². The van der Waals surface area contributed by atoms with Gasteiger partial charge in [0.25, 0.3) is 0 Å². The van der Waals surface area contributed by atoms with Crippen LogP contribution in [0.1, 0.15) is 27.0 Å². The minimum absolute atomic E-state index is 0.0607. The lowest BCUT2D eigenvalue weighted by Gasteiger charge is -2.05. The summed E-state index contributed by atoms with van der Waals surface area (Å²) in [7, 11) is 0. The lowest BCUT2D eigenvalue weighted by atomic mass is 10.0. The summed E-state index contributed by atoms with van der Waals surface area (Å²) in [6.07, 6.45) is 0.393. The van der Waals surface area contributed by atoms with Gasteiger partial charge in [-0.3, -0.25) is 4.79 Å². The number of aryl methyl sites for hydroxylation is 2. The highest BCUT2D eigenvalue weighted by Gasteiger charge is 2.11. The molecule has 1 nitrogen and oxygen atoms in total. The van der Waals surface area contributed by atoms with E-state index >= 15 is 0 Å². The van der Waals surface area contributed by atoms with Crippen molar-refractivity contribution in [3.8, 4) is 0 Å². The van der Waals surface area contributed by atoms with Gasteiger partial charge in [-0.25, -0.2) is 0 Å². The number of halogens is 1. The number of hydrogen-bond acceptors (Lipinski definition) is 1. The third kappa shape index (κ3) is 2.99. The van der Waals surface area contributed by atoms with Crippen LogP contribution in [0.15, 0.2) is 42.5 Å². The summed E-state index contributed by atoms with van der Waals surface area (Å²) in [4.78, 5) is 12.2. The van der Waals surface area contributed by atoms with E-state index in [1.54, 1.807) is 6.07 Å². The first-order valence-corrected chi connectivity index (χ1v) is 6.29. The zero-order valence-electron chi connectivity index (χ0n) is 10.5. The van der Waals surface area contributed by atoms with Crippen molar-refractivity contribution in [2.45, 2.75) is 20.3 Å². The first kappa shape index (κ1) is 12.8. The van der Waals surface area contributed by atoms with E-state index in [4.69, 9.17) is 11.6 Å². The number of carbonyl (C=O) groups is 1. The second-order valence-electron chi connectivity index (χ2n) is 4.57. The molecule has 18 heavy (non-hydrogen) atoms. The Morgan fingerprint density at radius 3 is 2.44 bits per heavy atom. The molecule has 0 amide bonds. The highest BCUT2D eigenvalue weighted by molar-refractivity contribution is 6.34. The largest absolute Gasteiger partial charge is 0.294 e. The van der Waals surface area contributed by atoms with Crippen LogP contribution in [-0.4, -0.2) is 5.78 Å². The fourth-order valence-electron chi connectivity index (χ4n) is 1.95. The number of Topliss-reactive ketones (excluding diaryl/α,β-unsaturated/α-hetero) is 1. The molecule has 0 atom stereocenters. The molecule has 0 aliphatic heterocycles. The molecule has 0 saturated carbocycles. The lowest BCUT2D eigenvalue weighted by Crippen LogP contribution is -2.04. The van der Waals surface area contributed by atoms with Gasteiger partial charge >= 0.3 is 0 Å². The Bertz CT molecular complexity index is 587. The zero-order valence-corrected chi connectivity index (χ0v) is 11.3. The van der Waals surface area contributed by atoms with E-state index in [0.717, 1.165) is 16.7 Å². The van der Waals surface area contributed by atoms with Crippen molar-refractivity contribution in [1.82, 2.24) is 0 Å². The first-order valence-electron chi connectivity index (χ1n) is 5.91. The van der Waals surface area contributed by atoms with Crippen LogP contribution in [0.3, 0.4) is 0 Å². The molecule has 2 heteroatoms. The molecule has 0 heterocycles. The quantitative estimate of drug-likeness (QED) is 0.747. The Kier molecular flexibility index (Phi) is 3.83. The molecular weight excluding hydrogens is 244 g/mol. The molecule has 0 aliphatic rings. The van der Waals surface area contributed by atoms with Crippen LogP contribution in [0, 0.1) is 13.8 Å². The maximum absolute atomic E-state index is 12.2. The predicted molar refractivity (Wildman–Crippen MR) is 75.4 cm³/mol. The molecule has 0 bridgehead atoms. The van der Waals surface area contributed by atoms with Crippen molar-refractivity contribution < 1.29 is 4.79 Å². The van der Waals surface area contributed by atoms with E-state index in [1.165, 1.54) is 0 Å². The predicted octanol–water partition coefficient (Wildman–Crippen LogP) is 4.38. The normalized spacial score (nSPS) is 10.4. The average Bonchev–Trinajstić information content (AvgIpc) is 2.28. The number of carbonyl (C=O) groups excluding carboxylic acids is 1. The molecule has 2 aromatic carbocycles. The number of ketones is 1. The van der Waals surface area contributed by atoms with Crippen LogP contribution < -0.4 is 0 Å². The topological polar surface area (TPSA) is 17.1 Å². The summed E-state index contributed by atoms with van der Waals surface area (Å²) in [5.41, 5.74) is 3.85. The Morgan fingerprint density at radius 1 is 1.06 bits per heavy atom. The smallest absolute Gasteiger partial charge is 0.168 e. The van der Waals surface area contributed by atoms with Gasteiger partial charge in [-0.2, -0.15) is 0 Å². The van der Waals surface area contributed by atoms with Crippen LogP contribution in [-0.2, 0) is 6.42 Å². The van der Waals surface area contributed by atoms with Crippen molar-refractivity contribution in [3.05, 3.63) is 69.7 Å². The SMILES string of the molecule is Cc1cccc(CC(=O)c2ccc(C)cc2Cl)c1. The van der Waals surface area contributed by atoms with E-state index < -0.39 is 0 Å². The fourth-order valence-corrected chi connectivity index (χ4v) is 2.29. The van der Waals surface area contributed by atoms with Gasteiger partial charge in [0.1, 0.15) is 0 Å². The summed E-state index contributed by atoms with van der Waals surface area (Å²) in [5, 5.41) is 0.535. The summed E-state index contributed by atoms with van der Waals surface area (Å²) in [6, 6.07) is 13.5. The molecule has 0 radical (unpaired) electrons. The van der Waals surface area contributed by atoms with Crippen LogP contribution in [0.2, 0.25) is 5.02 Å². The molecule has 2 rings (SSSR count). The monoisotopic (exact) mass is 258 g/mol. The Labute approximate surface area is 112 Å². The summed E-state index contributed by atoms with van der Waals surface area (Å²) >= 11 is 6.10. The van der Waals surface area contributed by atoms with Gasteiger partial charge in [-0.1, -0.05) is 47.5 Å². The van der Waals surface area contributed by atoms with Crippen LogP contribution in [0.25, 0.3) is 0 Å². The number of benzene rings is 2. The van der Waals surface area contributed by atoms with E-state index in [2.05, 4.69) is 0 Å². The summed E-state index contributed by atoms with van der Waals surface area (Å²) in [6.45, 7) is 3.98. The zero-order chi connectivity index (χ0) is 13.1. The Morgan fingerprint density at radius 2 is 1.78 bits per heavy atom. The molecule has 0 saturated heterocycles. The maximum atomic E-state index is 12.2. The molecule has 0 aliphatic carbocycles. The van der Waals surface area contributed by atoms with Crippen LogP contribution >= 0.6 is 11.6 Å². The third-order valence-corrected chi connectivity index (χ3v) is 3.18. The minimum Gasteiger partial charge on any atom is -0.294 e. The number of hydrogen-bond donors (Lipinski definition) is 0. The van der Waals surface area contributed by atoms with Crippen molar-refractivity contribution in [2.75, 3.05) is 0 Å². The van der Waals surface area contributed by atoms with Gasteiger partial charge < -0.3 is 0 Å². The van der Waals surface area contributed by atoms with Crippen LogP contribution in [0.4, 0.5) is 0 Å². The molecule has 0 N–H and O–H groups in total. The van der Waals surface area contributed by atoms with E-state index in [-0.39, 0.29) is 5.78 Å². The molecule has 92 valence electrons. The second-order valence-corrected chi connectivity index (χ2v) is 4.98. The first-order chi connectivity index (χ1) is 8.56. The van der Waals surface area contributed by atoms with Gasteiger partial charge in [-0.15, -0.1) is 0 Å². The highest BCUT2D eigenvalue weighted by atomic mass is 35.5. The van der Waals surface area contributed by atoms with Crippen molar-refractivity contribution >= 4 is 17.4 Å². The lowest BCUT2D eigenvalue weighted by molar-refractivity contribution is 0.0993. The van der Waals surface area contributed by atoms with Gasteiger partial charge in [0.05, 0.1) is 5.02 Å². The van der Waals surface area contributed by atoms with E-state index in [0.29, 0.717) is 17.0 Å². The fraction of sp³-hybridized carbons (Fsp3) is 0.188. The number of rotatable bonds is 3. The molecule has 0 unspecified atom stereocenters. The van der Waals surface area contributed by atoms with Gasteiger partial charge in [0, 0.05) is 12.0 Å². The highest BCUT2D eigenvalue weighted by Crippen LogP contribution is 2.19. The molecule has 0 spiro atoms. The van der Waals surface area contributed by atoms with Crippen molar-refractivity contribution in [3.63, 3.8) is 0 Å². The Balaban J connectivity index is 2.22. The third-order valence-electron chi connectivity index (χ3n) is 2.87. The minimum atomic E-state index is 0.0607. The maximum Gasteiger partial charge on any atom is 0.168 e. The second kappa shape index (κ2) is 5.36. The molecule has 2 aromatic rings. The molecule has 0 fully saturated rings. The standard InChI is InChI=1S/C16H15ClO/c1-11-4-3-5-13(8-11)10-16(18)14-7-6-12(2)9-15(14)17/h3-9H,10H2,1-2H3. The van der Waals surface area contributed by atoms with E-state index in [9.17, 15) is 4.79 Å². The van der Waals surface area contributed by atoms with Gasteiger partial charge in [0.2, 0.25) is 0 Å². The molecule has 0 aromatic heterocycles. The van der Waals surface area contributed by atoms with E-state index in [1.807, 2.05) is 50.2 Å². The van der Waals surface area contributed by atoms with Crippen molar-refractivity contribution in [1.29, 1.82) is 0 Å².